The summed E-state index contributed by atoms with van der Waals surface area (Å²) in [5.41, 5.74) is 10.6. The molecule has 1 amide bonds. The van der Waals surface area contributed by atoms with Crippen LogP contribution in [0, 0.1) is 5.92 Å². The highest BCUT2D eigenvalue weighted by Crippen LogP contribution is 2.25. The van der Waals surface area contributed by atoms with Crippen LogP contribution in [0.4, 0.5) is 13.2 Å². The minimum atomic E-state index is -5.19. The molecule has 0 aliphatic heterocycles. The van der Waals surface area contributed by atoms with E-state index in [1.54, 1.807) is 18.2 Å². The fourth-order valence-electron chi connectivity index (χ4n) is 4.68. The third kappa shape index (κ3) is 11.7. The average molecular weight is 676 g/mol. The summed E-state index contributed by atoms with van der Waals surface area (Å²) < 4.78 is 42.4. The number of rotatable bonds is 12. The lowest BCUT2D eigenvalue weighted by atomic mass is 9.90. The lowest BCUT2D eigenvalue weighted by Gasteiger charge is -2.24. The molecule has 4 aromatic rings. The van der Waals surface area contributed by atoms with E-state index < -0.39 is 30.1 Å². The van der Waals surface area contributed by atoms with Crippen LogP contribution < -0.4 is 26.3 Å². The Bertz CT molecular complexity index is 1760. The van der Waals surface area contributed by atoms with Crippen LogP contribution in [0.15, 0.2) is 109 Å². The van der Waals surface area contributed by atoms with Gasteiger partial charge in [-0.15, -0.1) is 0 Å². The van der Waals surface area contributed by atoms with Gasteiger partial charge in [0.1, 0.15) is 11.7 Å². The highest BCUT2D eigenvalue weighted by atomic mass is 19.4. The van der Waals surface area contributed by atoms with Crippen LogP contribution in [-0.2, 0) is 20.7 Å². The Balaban J connectivity index is 0.000000838. The Kier molecular flexibility index (Phi) is 13.7. The number of carboxylic acids is 1. The van der Waals surface area contributed by atoms with E-state index in [-0.39, 0.29) is 11.7 Å². The molecule has 256 valence electrons. The first-order valence-corrected chi connectivity index (χ1v) is 15.0. The monoisotopic (exact) mass is 675 g/mol. The summed E-state index contributed by atoms with van der Waals surface area (Å²) in [6, 6.07) is 31.5. The quantitative estimate of drug-likeness (QED) is 0.118. The second-order valence-corrected chi connectivity index (χ2v) is 10.6. The van der Waals surface area contributed by atoms with Gasteiger partial charge in [0.05, 0.1) is 31.2 Å². The van der Waals surface area contributed by atoms with Crippen LogP contribution >= 0.6 is 0 Å². The molecule has 2 atom stereocenters. The number of ether oxygens (including phenoxy) is 2. The van der Waals surface area contributed by atoms with E-state index in [1.807, 2.05) is 104 Å². The Morgan fingerprint density at radius 2 is 1.55 bits per heavy atom. The Morgan fingerprint density at radius 3 is 2.14 bits per heavy atom. The number of carbonyl (C=O) groups excluding carboxylic acids is 3. The van der Waals surface area contributed by atoms with Gasteiger partial charge in [-0.25, -0.2) is 0 Å². The van der Waals surface area contributed by atoms with Gasteiger partial charge in [-0.3, -0.25) is 20.7 Å². The van der Waals surface area contributed by atoms with Gasteiger partial charge in [-0.2, -0.15) is 13.2 Å². The van der Waals surface area contributed by atoms with Gasteiger partial charge in [0, 0.05) is 5.56 Å². The molecule has 0 bridgehead atoms. The summed E-state index contributed by atoms with van der Waals surface area (Å²) in [6.07, 6.45) is -1.18. The van der Waals surface area contributed by atoms with Crippen LogP contribution in [0.3, 0.4) is 0 Å². The highest BCUT2D eigenvalue weighted by Gasteiger charge is 2.30. The fourth-order valence-corrected chi connectivity index (χ4v) is 4.68. The minimum Gasteiger partial charge on any atom is -0.542 e. The number of esters is 1. The second kappa shape index (κ2) is 17.9. The molecule has 5 N–H and O–H groups in total. The summed E-state index contributed by atoms with van der Waals surface area (Å²) in [5.74, 6) is -3.50. The van der Waals surface area contributed by atoms with Crippen LogP contribution in [-0.4, -0.2) is 49.6 Å². The van der Waals surface area contributed by atoms with Crippen LogP contribution in [0.25, 0.3) is 17.2 Å². The number of alkyl halides is 3. The topological polar surface area (TPSA) is 156 Å². The zero-order chi connectivity index (χ0) is 36.0. The lowest BCUT2D eigenvalue weighted by Crippen LogP contribution is -2.46. The lowest BCUT2D eigenvalue weighted by molar-refractivity contribution is -0.344. The number of hydrogen-bond acceptors (Lipinski definition) is 6. The third-order valence-electron chi connectivity index (χ3n) is 7.10. The summed E-state index contributed by atoms with van der Waals surface area (Å²) in [4.78, 5) is 35.4. The van der Waals surface area contributed by atoms with Gasteiger partial charge in [0.2, 0.25) is 0 Å². The number of nitrogens with one attached hydrogen (secondary N) is 1. The number of aliphatic carboxylic acids is 1. The first kappa shape index (κ1) is 37.5. The molecule has 0 fully saturated rings. The first-order chi connectivity index (χ1) is 23.3. The van der Waals surface area contributed by atoms with Crippen molar-refractivity contribution in [1.82, 2.24) is 5.32 Å². The average Bonchev–Trinajstić information content (AvgIpc) is 3.09. The van der Waals surface area contributed by atoms with Crippen LogP contribution in [0.1, 0.15) is 34.0 Å². The molecule has 12 heteroatoms. The van der Waals surface area contributed by atoms with E-state index in [0.717, 1.165) is 28.0 Å². The standard InChI is InChI=1S/C35H35N3O4.C2HF3O2/c1-3-42-30-14-8-12-28(23-30)26-16-18-27(19-17-26)34(39)38-32(20-15-24-9-5-4-6-10-24)31(35(40)41-2)22-25-11-7-13-29(21-25)33(36)37;3-2(4,5)1(6)7/h4-21,23,31-32H,3,22H2,1-2H3,(H3,36,37)(H,38,39);(H,6,7)/b20-15+;/t31-,32-;/m1./s1. The summed E-state index contributed by atoms with van der Waals surface area (Å²) in [5, 5.41) is 17.6. The third-order valence-corrected chi connectivity index (χ3v) is 7.10. The van der Waals surface area contributed by atoms with Crippen molar-refractivity contribution in [3.05, 3.63) is 131 Å². The molecule has 0 unspecified atom stereocenters. The van der Waals surface area contributed by atoms with Crippen molar-refractivity contribution < 1.29 is 47.5 Å². The number of amidine groups is 1. The highest BCUT2D eigenvalue weighted by molar-refractivity contribution is 5.95. The van der Waals surface area contributed by atoms with Crippen molar-refractivity contribution in [3.63, 3.8) is 0 Å². The van der Waals surface area contributed by atoms with Crippen LogP contribution in [0.2, 0.25) is 0 Å². The second-order valence-electron chi connectivity index (χ2n) is 10.6. The van der Waals surface area contributed by atoms with E-state index in [4.69, 9.17) is 30.5 Å². The summed E-state index contributed by atoms with van der Waals surface area (Å²) in [7, 11) is 1.34. The molecule has 0 radical (unpaired) electrons. The van der Waals surface area contributed by atoms with E-state index in [1.165, 1.54) is 7.11 Å². The first-order valence-electron chi connectivity index (χ1n) is 15.0. The summed E-state index contributed by atoms with van der Waals surface area (Å²) in [6.45, 7) is 2.53. The molecule has 0 aromatic heterocycles. The fraction of sp³-hybridized carbons (Fsp3) is 0.189. The maximum absolute atomic E-state index is 13.5. The molecular formula is C37H36F3N3O6. The maximum atomic E-state index is 13.5. The van der Waals surface area contributed by atoms with E-state index in [2.05, 4.69) is 5.32 Å². The molecule has 9 nitrogen and oxygen atoms in total. The zero-order valence-corrected chi connectivity index (χ0v) is 26.8. The predicted octanol–water partition coefficient (Wildman–Crippen LogP) is 3.36. The number of carbonyl (C=O) groups is 3. The minimum absolute atomic E-state index is 0.188. The van der Waals surface area contributed by atoms with Crippen molar-refractivity contribution in [1.29, 1.82) is 0 Å². The number of hydrogen-bond donors (Lipinski definition) is 3. The van der Waals surface area contributed by atoms with Crippen LogP contribution in [0.5, 0.6) is 5.75 Å². The molecule has 49 heavy (non-hydrogen) atoms. The molecule has 4 aromatic carbocycles. The molecule has 0 aliphatic carbocycles. The van der Waals surface area contributed by atoms with Crippen molar-refractivity contribution in [3.8, 4) is 16.9 Å². The van der Waals surface area contributed by atoms with E-state index in [9.17, 15) is 22.8 Å². The largest absolute Gasteiger partial charge is 0.542 e. The smallest absolute Gasteiger partial charge is 0.430 e. The molecular weight excluding hydrogens is 639 g/mol. The van der Waals surface area contributed by atoms with Crippen molar-refractivity contribution in [2.24, 2.45) is 11.7 Å². The number of benzene rings is 4. The Morgan fingerprint density at radius 1 is 0.898 bits per heavy atom. The van der Waals surface area contributed by atoms with Gasteiger partial charge in [0.15, 0.2) is 0 Å². The maximum Gasteiger partial charge on any atom is 0.430 e. The zero-order valence-electron chi connectivity index (χ0n) is 26.8. The van der Waals surface area contributed by atoms with Gasteiger partial charge >= 0.3 is 12.1 Å². The van der Waals surface area contributed by atoms with E-state index in [0.29, 0.717) is 24.2 Å². The molecule has 0 heterocycles. The molecule has 0 aliphatic rings. The molecule has 0 spiro atoms. The van der Waals surface area contributed by atoms with Crippen molar-refractivity contribution in [2.45, 2.75) is 25.6 Å². The van der Waals surface area contributed by atoms with Gasteiger partial charge in [-0.05, 0) is 72.0 Å². The number of halogens is 3. The van der Waals surface area contributed by atoms with Crippen molar-refractivity contribution in [2.75, 3.05) is 13.7 Å². The molecule has 0 saturated carbocycles. The SMILES string of the molecule is CCOc1cccc(-c2ccc(C(=O)N[C@H](/C=C/c3ccccc3)[C@@H](Cc3cccc(C(N)=[NH2+])c3)C(=O)OC)cc2)c1.O=C([O-])C(F)(F)F. The van der Waals surface area contributed by atoms with E-state index >= 15 is 0 Å². The summed E-state index contributed by atoms with van der Waals surface area (Å²) >= 11 is 0. The van der Waals surface area contributed by atoms with Crippen molar-refractivity contribution >= 4 is 29.8 Å². The number of nitrogens with two attached hydrogens (primary N) is 2. The molecule has 4 rings (SSSR count). The Labute approximate surface area is 281 Å². The predicted molar refractivity (Wildman–Crippen MR) is 177 cm³/mol. The van der Waals surface area contributed by atoms with Gasteiger partial charge in [-0.1, -0.05) is 78.9 Å². The Hall–Kier alpha value is -5.91. The number of methoxy groups -OCH3 is 1. The molecule has 0 saturated heterocycles. The van der Waals surface area contributed by atoms with Gasteiger partial charge in [0.25, 0.3) is 11.7 Å². The normalized spacial score (nSPS) is 12.2. The number of amides is 1. The van der Waals surface area contributed by atoms with Gasteiger partial charge < -0.3 is 24.7 Å². The number of carboxylic acid groups (broad SMARTS) is 1.